The third-order valence-corrected chi connectivity index (χ3v) is 2.36. The van der Waals surface area contributed by atoms with Gasteiger partial charge in [-0.2, -0.15) is 0 Å². The van der Waals surface area contributed by atoms with Crippen LogP contribution in [0.1, 0.15) is 12.8 Å². The van der Waals surface area contributed by atoms with E-state index in [0.717, 1.165) is 39.3 Å². The van der Waals surface area contributed by atoms with E-state index < -0.39 is 0 Å². The molecular formula is C10H22N2O2. The van der Waals surface area contributed by atoms with Crippen LogP contribution in [0.25, 0.3) is 0 Å². The van der Waals surface area contributed by atoms with Crippen LogP contribution in [0.5, 0.6) is 0 Å². The molecule has 0 aliphatic carbocycles. The first-order valence-corrected chi connectivity index (χ1v) is 5.44. The Morgan fingerprint density at radius 3 is 2.71 bits per heavy atom. The summed E-state index contributed by atoms with van der Waals surface area (Å²) in [5.41, 5.74) is 0. The van der Waals surface area contributed by atoms with Crippen molar-refractivity contribution in [1.82, 2.24) is 10.6 Å². The molecule has 1 heterocycles. The van der Waals surface area contributed by atoms with Crippen LogP contribution in [-0.2, 0) is 9.47 Å². The Kier molecular flexibility index (Phi) is 6.95. The lowest BCUT2D eigenvalue weighted by atomic mass is 10.2. The van der Waals surface area contributed by atoms with Crippen LogP contribution in [0.15, 0.2) is 0 Å². The van der Waals surface area contributed by atoms with Crippen LogP contribution in [-0.4, -0.2) is 52.6 Å². The average molecular weight is 202 g/mol. The van der Waals surface area contributed by atoms with E-state index in [1.807, 2.05) is 0 Å². The van der Waals surface area contributed by atoms with Gasteiger partial charge in [0.2, 0.25) is 0 Å². The number of methoxy groups -OCH3 is 1. The molecular weight excluding hydrogens is 180 g/mol. The highest BCUT2D eigenvalue weighted by molar-refractivity contribution is 4.80. The predicted octanol–water partition coefficient (Wildman–Crippen LogP) is -0.00900. The first-order chi connectivity index (χ1) is 6.93. The van der Waals surface area contributed by atoms with Crippen molar-refractivity contribution < 1.29 is 9.47 Å². The molecule has 0 atom stereocenters. The topological polar surface area (TPSA) is 42.5 Å². The minimum absolute atomic E-state index is 0.700. The molecule has 0 amide bonds. The van der Waals surface area contributed by atoms with Crippen LogP contribution in [0, 0.1) is 0 Å². The monoisotopic (exact) mass is 202 g/mol. The number of rotatable bonds is 9. The molecule has 1 saturated heterocycles. The van der Waals surface area contributed by atoms with E-state index >= 15 is 0 Å². The number of nitrogens with one attached hydrogen (secondary N) is 2. The van der Waals surface area contributed by atoms with Crippen molar-refractivity contribution in [3.05, 3.63) is 0 Å². The van der Waals surface area contributed by atoms with Crippen molar-refractivity contribution in [2.45, 2.75) is 18.9 Å². The van der Waals surface area contributed by atoms with Gasteiger partial charge in [0.1, 0.15) is 0 Å². The summed E-state index contributed by atoms with van der Waals surface area (Å²) in [6.07, 6.45) is 2.33. The standard InChI is InChI=1S/C10H22N2O2/c1-13-6-7-14-5-3-2-4-12-10-8-11-9-10/h10-12H,2-9H2,1H3. The number of hydrogen-bond acceptors (Lipinski definition) is 4. The molecule has 4 heteroatoms. The van der Waals surface area contributed by atoms with Gasteiger partial charge in [-0.1, -0.05) is 0 Å². The number of hydrogen-bond donors (Lipinski definition) is 2. The minimum Gasteiger partial charge on any atom is -0.382 e. The Balaban J connectivity index is 1.67. The van der Waals surface area contributed by atoms with E-state index in [4.69, 9.17) is 9.47 Å². The van der Waals surface area contributed by atoms with E-state index in [0.29, 0.717) is 12.6 Å². The molecule has 0 spiro atoms. The third kappa shape index (κ3) is 5.54. The highest BCUT2D eigenvalue weighted by Gasteiger charge is 2.14. The molecule has 1 aliphatic rings. The van der Waals surface area contributed by atoms with Crippen molar-refractivity contribution in [2.75, 3.05) is 46.6 Å². The first-order valence-electron chi connectivity index (χ1n) is 5.44. The SMILES string of the molecule is COCCOCCCCNC1CNC1. The summed E-state index contributed by atoms with van der Waals surface area (Å²) in [5, 5.41) is 6.71. The van der Waals surface area contributed by atoms with Gasteiger partial charge in [-0.3, -0.25) is 0 Å². The van der Waals surface area contributed by atoms with E-state index in [1.165, 1.54) is 6.42 Å². The summed E-state index contributed by atoms with van der Waals surface area (Å²) >= 11 is 0. The zero-order valence-corrected chi connectivity index (χ0v) is 9.05. The van der Waals surface area contributed by atoms with Crippen molar-refractivity contribution in [2.24, 2.45) is 0 Å². The van der Waals surface area contributed by atoms with Crippen molar-refractivity contribution in [3.8, 4) is 0 Å². The predicted molar refractivity (Wildman–Crippen MR) is 56.6 cm³/mol. The maximum Gasteiger partial charge on any atom is 0.0700 e. The lowest BCUT2D eigenvalue weighted by molar-refractivity contribution is 0.0687. The van der Waals surface area contributed by atoms with Crippen LogP contribution >= 0.6 is 0 Å². The molecule has 1 fully saturated rings. The fraction of sp³-hybridized carbons (Fsp3) is 1.00. The number of unbranched alkanes of at least 4 members (excludes halogenated alkanes) is 1. The highest BCUT2D eigenvalue weighted by Crippen LogP contribution is 1.93. The number of ether oxygens (including phenoxy) is 2. The molecule has 0 aromatic heterocycles. The molecule has 2 N–H and O–H groups in total. The summed E-state index contributed by atoms with van der Waals surface area (Å²) in [5.74, 6) is 0. The fourth-order valence-electron chi connectivity index (χ4n) is 1.31. The van der Waals surface area contributed by atoms with Gasteiger partial charge in [0.15, 0.2) is 0 Å². The summed E-state index contributed by atoms with van der Waals surface area (Å²) in [4.78, 5) is 0. The largest absolute Gasteiger partial charge is 0.382 e. The Labute approximate surface area is 86.3 Å². The Bertz CT molecular complexity index is 129. The summed E-state index contributed by atoms with van der Waals surface area (Å²) in [6, 6.07) is 0.712. The molecule has 0 aromatic carbocycles. The molecule has 0 aromatic rings. The Morgan fingerprint density at radius 1 is 1.21 bits per heavy atom. The first kappa shape index (κ1) is 11.9. The van der Waals surface area contributed by atoms with E-state index in [1.54, 1.807) is 7.11 Å². The van der Waals surface area contributed by atoms with Crippen LogP contribution in [0.4, 0.5) is 0 Å². The second-order valence-electron chi connectivity index (χ2n) is 3.62. The smallest absolute Gasteiger partial charge is 0.0700 e. The maximum absolute atomic E-state index is 5.36. The Morgan fingerprint density at radius 2 is 2.07 bits per heavy atom. The van der Waals surface area contributed by atoms with Crippen molar-refractivity contribution in [1.29, 1.82) is 0 Å². The van der Waals surface area contributed by atoms with Crippen molar-refractivity contribution in [3.63, 3.8) is 0 Å². The quantitative estimate of drug-likeness (QED) is 0.516. The maximum atomic E-state index is 5.36. The van der Waals surface area contributed by atoms with E-state index in [9.17, 15) is 0 Å². The lowest BCUT2D eigenvalue weighted by Gasteiger charge is -2.28. The van der Waals surface area contributed by atoms with Crippen LogP contribution in [0.3, 0.4) is 0 Å². The molecule has 0 saturated carbocycles. The summed E-state index contributed by atoms with van der Waals surface area (Å²) < 4.78 is 10.2. The summed E-state index contributed by atoms with van der Waals surface area (Å²) in [7, 11) is 1.69. The third-order valence-electron chi connectivity index (χ3n) is 2.36. The van der Waals surface area contributed by atoms with Gasteiger partial charge in [-0.25, -0.2) is 0 Å². The second kappa shape index (κ2) is 8.17. The highest BCUT2D eigenvalue weighted by atomic mass is 16.5. The van der Waals surface area contributed by atoms with Gasteiger partial charge in [0.25, 0.3) is 0 Å². The molecule has 0 bridgehead atoms. The van der Waals surface area contributed by atoms with Crippen LogP contribution < -0.4 is 10.6 Å². The molecule has 0 radical (unpaired) electrons. The van der Waals surface area contributed by atoms with Gasteiger partial charge in [-0.05, 0) is 19.4 Å². The van der Waals surface area contributed by atoms with E-state index in [-0.39, 0.29) is 0 Å². The molecule has 84 valence electrons. The Hall–Kier alpha value is -0.160. The molecule has 1 rings (SSSR count). The lowest BCUT2D eigenvalue weighted by Crippen LogP contribution is -2.55. The summed E-state index contributed by atoms with van der Waals surface area (Å²) in [6.45, 7) is 5.64. The molecule has 0 unspecified atom stereocenters. The van der Waals surface area contributed by atoms with Gasteiger partial charge < -0.3 is 20.1 Å². The molecule has 14 heavy (non-hydrogen) atoms. The fourth-order valence-corrected chi connectivity index (χ4v) is 1.31. The zero-order valence-electron chi connectivity index (χ0n) is 9.05. The van der Waals surface area contributed by atoms with E-state index in [2.05, 4.69) is 10.6 Å². The van der Waals surface area contributed by atoms with Gasteiger partial charge in [0, 0.05) is 32.8 Å². The molecule has 4 nitrogen and oxygen atoms in total. The van der Waals surface area contributed by atoms with Gasteiger partial charge in [-0.15, -0.1) is 0 Å². The average Bonchev–Trinajstić information content (AvgIpc) is 2.13. The minimum atomic E-state index is 0.700. The van der Waals surface area contributed by atoms with Crippen molar-refractivity contribution >= 4 is 0 Å². The van der Waals surface area contributed by atoms with Gasteiger partial charge in [0.05, 0.1) is 13.2 Å². The normalized spacial score (nSPS) is 16.9. The molecule has 1 aliphatic heterocycles. The van der Waals surface area contributed by atoms with Crippen LogP contribution in [0.2, 0.25) is 0 Å². The zero-order chi connectivity index (χ0) is 10.1. The second-order valence-corrected chi connectivity index (χ2v) is 3.62. The van der Waals surface area contributed by atoms with Gasteiger partial charge >= 0.3 is 0 Å².